The number of carbonyl (C=O) groups is 2. The fourth-order valence-electron chi connectivity index (χ4n) is 3.85. The number of hydrogen-bond donors (Lipinski definition) is 1. The molecule has 1 heterocycles. The van der Waals surface area contributed by atoms with E-state index in [0.29, 0.717) is 30.8 Å². The molecule has 7 nitrogen and oxygen atoms in total. The maximum atomic E-state index is 13.5. The summed E-state index contributed by atoms with van der Waals surface area (Å²) in [7, 11) is 5.55. The second-order valence-electron chi connectivity index (χ2n) is 8.19. The summed E-state index contributed by atoms with van der Waals surface area (Å²) in [6.45, 7) is 3.48. The topological polar surface area (TPSA) is 71.1 Å². The van der Waals surface area contributed by atoms with Gasteiger partial charge in [-0.1, -0.05) is 6.92 Å². The Morgan fingerprint density at radius 3 is 2.50 bits per heavy atom. The number of ether oxygens (including phenoxy) is 2. The lowest BCUT2D eigenvalue weighted by molar-refractivity contribution is -0.115. The Hall–Kier alpha value is -3.06. The van der Waals surface area contributed by atoms with Crippen LogP contribution in [0.25, 0.3) is 0 Å². The van der Waals surface area contributed by atoms with E-state index in [1.165, 1.54) is 0 Å². The van der Waals surface area contributed by atoms with Crippen molar-refractivity contribution >= 4 is 23.2 Å². The second kappa shape index (κ2) is 11.0. The van der Waals surface area contributed by atoms with Crippen LogP contribution in [0.3, 0.4) is 0 Å². The van der Waals surface area contributed by atoms with Crippen LogP contribution in [0.2, 0.25) is 0 Å². The number of nitrogens with zero attached hydrogens (tertiary/aromatic N) is 2. The molecule has 2 amide bonds. The van der Waals surface area contributed by atoms with E-state index in [0.717, 1.165) is 36.4 Å². The van der Waals surface area contributed by atoms with Gasteiger partial charge in [-0.25, -0.2) is 0 Å². The summed E-state index contributed by atoms with van der Waals surface area (Å²) in [6, 6.07) is 13.0. The summed E-state index contributed by atoms with van der Waals surface area (Å²) in [5, 5.41) is 2.92. The van der Waals surface area contributed by atoms with E-state index in [2.05, 4.69) is 5.32 Å². The molecule has 172 valence electrons. The van der Waals surface area contributed by atoms with Gasteiger partial charge in [0.25, 0.3) is 5.91 Å². The predicted molar refractivity (Wildman–Crippen MR) is 126 cm³/mol. The Bertz CT molecular complexity index is 921. The molecule has 1 unspecified atom stereocenters. The molecule has 0 aromatic heterocycles. The number of anilines is 2. The molecule has 0 bridgehead atoms. The first-order valence-electron chi connectivity index (χ1n) is 11.1. The minimum atomic E-state index is -0.0594. The summed E-state index contributed by atoms with van der Waals surface area (Å²) in [5.41, 5.74) is 3.29. The summed E-state index contributed by atoms with van der Waals surface area (Å²) in [5.74, 6) is 0.608. The Morgan fingerprint density at radius 1 is 1.16 bits per heavy atom. The number of amides is 2. The minimum absolute atomic E-state index is 0.0305. The second-order valence-corrected chi connectivity index (χ2v) is 8.19. The standard InChI is InChI=1S/C25H33N3O4/c1-5-24(29)26-20-10-13-23(27(2)3)19(15-20)16-28(17-22-7-6-14-32-22)25(30)18-8-11-21(31-4)12-9-18/h8-13,15,22H,5-7,14,16-17H2,1-4H3,(H,26,29). The Balaban J connectivity index is 1.90. The number of rotatable bonds is 9. The molecule has 0 saturated carbocycles. The largest absolute Gasteiger partial charge is 0.497 e. The van der Waals surface area contributed by atoms with E-state index in [1.807, 2.05) is 49.0 Å². The number of methoxy groups -OCH3 is 1. The quantitative estimate of drug-likeness (QED) is 0.641. The highest BCUT2D eigenvalue weighted by Gasteiger charge is 2.25. The van der Waals surface area contributed by atoms with Crippen LogP contribution in [0.1, 0.15) is 42.1 Å². The molecule has 1 fully saturated rings. The van der Waals surface area contributed by atoms with Crippen LogP contribution >= 0.6 is 0 Å². The fraction of sp³-hybridized carbons (Fsp3) is 0.440. The molecule has 0 radical (unpaired) electrons. The van der Waals surface area contributed by atoms with Crippen molar-refractivity contribution in [1.29, 1.82) is 0 Å². The van der Waals surface area contributed by atoms with Gasteiger partial charge in [-0.05, 0) is 60.9 Å². The van der Waals surface area contributed by atoms with Crippen molar-refractivity contribution in [2.75, 3.05) is 44.6 Å². The third kappa shape index (κ3) is 6.01. The van der Waals surface area contributed by atoms with Crippen molar-refractivity contribution in [2.24, 2.45) is 0 Å². The molecule has 0 aliphatic carbocycles. The summed E-state index contributed by atoms with van der Waals surface area (Å²) < 4.78 is 11.1. The average molecular weight is 440 g/mol. The smallest absolute Gasteiger partial charge is 0.254 e. The van der Waals surface area contributed by atoms with Gasteiger partial charge in [0.2, 0.25) is 5.91 Å². The monoisotopic (exact) mass is 439 g/mol. The van der Waals surface area contributed by atoms with Crippen molar-refractivity contribution in [1.82, 2.24) is 4.90 Å². The van der Waals surface area contributed by atoms with Gasteiger partial charge >= 0.3 is 0 Å². The lowest BCUT2D eigenvalue weighted by Gasteiger charge is -2.28. The van der Waals surface area contributed by atoms with E-state index < -0.39 is 0 Å². The third-order valence-electron chi connectivity index (χ3n) is 5.60. The molecule has 1 N–H and O–H groups in total. The molecule has 0 spiro atoms. The van der Waals surface area contributed by atoms with Gasteiger partial charge in [0.1, 0.15) is 5.75 Å². The van der Waals surface area contributed by atoms with Gasteiger partial charge in [0.15, 0.2) is 0 Å². The van der Waals surface area contributed by atoms with Crippen molar-refractivity contribution in [2.45, 2.75) is 38.8 Å². The van der Waals surface area contributed by atoms with E-state index in [4.69, 9.17) is 9.47 Å². The van der Waals surface area contributed by atoms with Crippen LogP contribution in [-0.2, 0) is 16.1 Å². The molecular weight excluding hydrogens is 406 g/mol. The van der Waals surface area contributed by atoms with Gasteiger partial charge in [0.05, 0.1) is 13.2 Å². The Labute approximate surface area is 190 Å². The third-order valence-corrected chi connectivity index (χ3v) is 5.60. The Kier molecular flexibility index (Phi) is 8.11. The molecule has 32 heavy (non-hydrogen) atoms. The number of carbonyl (C=O) groups excluding carboxylic acids is 2. The molecule has 3 rings (SSSR count). The molecule has 1 aliphatic heterocycles. The lowest BCUT2D eigenvalue weighted by atomic mass is 10.1. The van der Waals surface area contributed by atoms with E-state index in [1.54, 1.807) is 31.4 Å². The van der Waals surface area contributed by atoms with Crippen LogP contribution < -0.4 is 15.0 Å². The van der Waals surface area contributed by atoms with Gasteiger partial charge < -0.3 is 24.6 Å². The maximum Gasteiger partial charge on any atom is 0.254 e. The average Bonchev–Trinajstić information content (AvgIpc) is 3.31. The van der Waals surface area contributed by atoms with Crippen molar-refractivity contribution < 1.29 is 19.1 Å². The normalized spacial score (nSPS) is 15.3. The molecule has 1 atom stereocenters. The van der Waals surface area contributed by atoms with Crippen LogP contribution in [-0.4, -0.2) is 57.2 Å². The lowest BCUT2D eigenvalue weighted by Crippen LogP contribution is -2.37. The first kappa shape index (κ1) is 23.6. The van der Waals surface area contributed by atoms with Crippen molar-refractivity contribution in [3.8, 4) is 5.75 Å². The molecule has 2 aromatic carbocycles. The summed E-state index contributed by atoms with van der Waals surface area (Å²) in [4.78, 5) is 29.2. The highest BCUT2D eigenvalue weighted by Crippen LogP contribution is 2.26. The number of benzene rings is 2. The van der Waals surface area contributed by atoms with Gasteiger partial charge in [-0.3, -0.25) is 9.59 Å². The zero-order valence-corrected chi connectivity index (χ0v) is 19.4. The zero-order valence-electron chi connectivity index (χ0n) is 19.4. The fourth-order valence-corrected chi connectivity index (χ4v) is 3.85. The van der Waals surface area contributed by atoms with Crippen molar-refractivity contribution in [3.63, 3.8) is 0 Å². The SMILES string of the molecule is CCC(=O)Nc1ccc(N(C)C)c(CN(CC2CCCO2)C(=O)c2ccc(OC)cc2)c1. The first-order valence-corrected chi connectivity index (χ1v) is 11.1. The van der Waals surface area contributed by atoms with Crippen LogP contribution in [0.4, 0.5) is 11.4 Å². The highest BCUT2D eigenvalue weighted by molar-refractivity contribution is 5.94. The summed E-state index contributed by atoms with van der Waals surface area (Å²) in [6.07, 6.45) is 2.39. The molecular formula is C25H33N3O4. The van der Waals surface area contributed by atoms with E-state index in [-0.39, 0.29) is 17.9 Å². The van der Waals surface area contributed by atoms with Gasteiger partial charge in [0, 0.05) is 57.2 Å². The Morgan fingerprint density at radius 2 is 1.91 bits per heavy atom. The van der Waals surface area contributed by atoms with Crippen LogP contribution in [0, 0.1) is 0 Å². The van der Waals surface area contributed by atoms with Gasteiger partial charge in [-0.15, -0.1) is 0 Å². The van der Waals surface area contributed by atoms with E-state index >= 15 is 0 Å². The molecule has 1 saturated heterocycles. The highest BCUT2D eigenvalue weighted by atomic mass is 16.5. The predicted octanol–water partition coefficient (Wildman–Crippen LogP) is 3.93. The molecule has 1 aliphatic rings. The van der Waals surface area contributed by atoms with E-state index in [9.17, 15) is 9.59 Å². The molecule has 7 heteroatoms. The van der Waals surface area contributed by atoms with Gasteiger partial charge in [-0.2, -0.15) is 0 Å². The first-order chi connectivity index (χ1) is 15.4. The number of hydrogen-bond acceptors (Lipinski definition) is 5. The number of nitrogens with one attached hydrogen (secondary N) is 1. The van der Waals surface area contributed by atoms with Crippen molar-refractivity contribution in [3.05, 3.63) is 53.6 Å². The summed E-state index contributed by atoms with van der Waals surface area (Å²) >= 11 is 0. The maximum absolute atomic E-state index is 13.5. The molecule has 2 aromatic rings. The van der Waals surface area contributed by atoms with Crippen LogP contribution in [0.15, 0.2) is 42.5 Å². The zero-order chi connectivity index (χ0) is 23.1. The minimum Gasteiger partial charge on any atom is -0.497 e. The van der Waals surface area contributed by atoms with Crippen LogP contribution in [0.5, 0.6) is 5.75 Å².